The highest BCUT2D eigenvalue weighted by Crippen LogP contribution is 2.47. The lowest BCUT2D eigenvalue weighted by atomic mass is 9.76. The van der Waals surface area contributed by atoms with Gasteiger partial charge in [0.05, 0.1) is 5.41 Å². The van der Waals surface area contributed by atoms with Crippen molar-refractivity contribution in [2.75, 3.05) is 0 Å². The number of hydrogen-bond acceptors (Lipinski definition) is 0. The molecule has 0 saturated carbocycles. The van der Waals surface area contributed by atoms with Gasteiger partial charge in [0.1, 0.15) is 0 Å². The van der Waals surface area contributed by atoms with Gasteiger partial charge in [-0.3, -0.25) is 0 Å². The highest BCUT2D eigenvalue weighted by atomic mass is 15.1. The number of rotatable bonds is 5. The lowest BCUT2D eigenvalue weighted by molar-refractivity contribution is -0.513. The molecule has 0 radical (unpaired) electrons. The van der Waals surface area contributed by atoms with E-state index in [2.05, 4.69) is 115 Å². The second-order valence-corrected chi connectivity index (χ2v) is 10.3. The van der Waals surface area contributed by atoms with Crippen LogP contribution < -0.4 is 10.4 Å². The van der Waals surface area contributed by atoms with E-state index in [0.717, 1.165) is 11.6 Å². The van der Waals surface area contributed by atoms with Crippen LogP contribution in [0.2, 0.25) is 0 Å². The minimum Gasteiger partial charge on any atom is -0.196 e. The molecule has 1 aliphatic heterocycles. The molecule has 0 N–H and O–H groups in total. The van der Waals surface area contributed by atoms with Gasteiger partial charge in [0.15, 0.2) is 11.8 Å². The van der Waals surface area contributed by atoms with Gasteiger partial charge in [-0.05, 0) is 34.8 Å². The molecule has 30 heavy (non-hydrogen) atoms. The minimum atomic E-state index is -0.114. The van der Waals surface area contributed by atoms with Crippen molar-refractivity contribution < 1.29 is 4.58 Å². The number of allylic oxidation sites excluding steroid dienone is 1. The van der Waals surface area contributed by atoms with Gasteiger partial charge in [0.2, 0.25) is 5.69 Å². The van der Waals surface area contributed by atoms with E-state index in [1.54, 1.807) is 0 Å². The van der Waals surface area contributed by atoms with Gasteiger partial charge in [-0.25, -0.2) is 0 Å². The molecular weight excluding hydrogens is 362 g/mol. The van der Waals surface area contributed by atoms with E-state index in [1.165, 1.54) is 27.6 Å². The first kappa shape index (κ1) is 22.3. The average molecular weight is 401 g/mol. The first-order valence-corrected chi connectivity index (χ1v) is 11.2. The first-order valence-electron chi connectivity index (χ1n) is 11.2. The van der Waals surface area contributed by atoms with Gasteiger partial charge in [-0.1, -0.05) is 89.4 Å². The van der Waals surface area contributed by atoms with Crippen molar-refractivity contribution in [1.29, 1.82) is 0 Å². The second kappa shape index (κ2) is 8.02. The summed E-state index contributed by atoms with van der Waals surface area (Å²) in [5.41, 5.74) is 5.38. The number of para-hydroxylation sites is 1. The summed E-state index contributed by atoms with van der Waals surface area (Å²) in [5.74, 6) is 0.941. The summed E-state index contributed by atoms with van der Waals surface area (Å²) in [5, 5.41) is 2.26. The summed E-state index contributed by atoms with van der Waals surface area (Å²) in [6.45, 7) is 24.8. The average Bonchev–Trinajstić information content (AvgIpc) is 2.92. The minimum absolute atomic E-state index is 0.00619. The maximum absolute atomic E-state index is 4.28. The van der Waals surface area contributed by atoms with Crippen LogP contribution in [0.3, 0.4) is 0 Å². The van der Waals surface area contributed by atoms with E-state index in [4.69, 9.17) is 0 Å². The quantitative estimate of drug-likeness (QED) is 0.519. The van der Waals surface area contributed by atoms with Gasteiger partial charge in [-0.15, -0.1) is 0 Å². The van der Waals surface area contributed by atoms with E-state index >= 15 is 0 Å². The normalized spacial score (nSPS) is 21.7. The van der Waals surface area contributed by atoms with Crippen LogP contribution in [0.25, 0.3) is 12.2 Å². The smallest absolute Gasteiger partial charge is 0.196 e. The molecule has 158 valence electrons. The van der Waals surface area contributed by atoms with Crippen LogP contribution in [0, 0.1) is 5.41 Å². The zero-order chi connectivity index (χ0) is 22.3. The number of nitrogens with zero attached hydrogens (tertiary/aromatic N) is 1. The Morgan fingerprint density at radius 1 is 0.933 bits per heavy atom. The molecule has 1 nitrogen and oxygen atoms in total. The van der Waals surface area contributed by atoms with Crippen molar-refractivity contribution in [1.82, 2.24) is 0 Å². The monoisotopic (exact) mass is 400 g/mol. The van der Waals surface area contributed by atoms with E-state index < -0.39 is 0 Å². The third-order valence-corrected chi connectivity index (χ3v) is 6.58. The molecule has 2 aromatic rings. The Hall–Kier alpha value is -2.41. The fraction of sp³-hybridized carbons (Fsp3) is 0.414. The Morgan fingerprint density at radius 2 is 1.50 bits per heavy atom. The topological polar surface area (TPSA) is 3.01 Å². The van der Waals surface area contributed by atoms with Crippen molar-refractivity contribution >= 4 is 24.1 Å². The van der Waals surface area contributed by atoms with Gasteiger partial charge in [-0.2, -0.15) is 4.58 Å². The molecular formula is C29H38N+. The van der Waals surface area contributed by atoms with Crippen LogP contribution in [0.5, 0.6) is 0 Å². The van der Waals surface area contributed by atoms with E-state index in [1.807, 2.05) is 6.08 Å². The van der Waals surface area contributed by atoms with E-state index in [-0.39, 0.29) is 11.0 Å². The molecule has 0 aliphatic carbocycles. The molecule has 1 aliphatic rings. The zero-order valence-electron chi connectivity index (χ0n) is 19.9. The van der Waals surface area contributed by atoms with Crippen molar-refractivity contribution in [2.24, 2.45) is 5.41 Å². The molecule has 3 rings (SSSR count). The molecule has 1 heterocycles. The SMILES string of the molecule is C=C/C(=c1/ccccc1=C)C1(C)C=[N+](c2c(C(C)C)cccc2C(C)C)C(C)(C)C1. The molecule has 0 bridgehead atoms. The third kappa shape index (κ3) is 3.83. The van der Waals surface area contributed by atoms with Crippen molar-refractivity contribution in [3.8, 4) is 0 Å². The van der Waals surface area contributed by atoms with Gasteiger partial charge >= 0.3 is 0 Å². The highest BCUT2D eigenvalue weighted by molar-refractivity contribution is 5.84. The molecule has 1 atom stereocenters. The van der Waals surface area contributed by atoms with Crippen molar-refractivity contribution in [2.45, 2.75) is 72.3 Å². The summed E-state index contributed by atoms with van der Waals surface area (Å²) in [6.07, 6.45) is 5.53. The Morgan fingerprint density at radius 3 is 2.00 bits per heavy atom. The van der Waals surface area contributed by atoms with Crippen LogP contribution in [0.4, 0.5) is 5.69 Å². The Bertz CT molecular complexity index is 1070. The molecule has 0 saturated heterocycles. The summed E-state index contributed by atoms with van der Waals surface area (Å²) in [7, 11) is 0. The molecule has 2 aromatic carbocycles. The Balaban J connectivity index is 2.35. The van der Waals surface area contributed by atoms with Crippen LogP contribution in [0.15, 0.2) is 55.1 Å². The maximum Gasteiger partial charge on any atom is 0.212 e. The highest BCUT2D eigenvalue weighted by Gasteiger charge is 2.51. The molecule has 0 aromatic heterocycles. The van der Waals surface area contributed by atoms with Crippen molar-refractivity contribution in [3.63, 3.8) is 0 Å². The molecule has 1 unspecified atom stereocenters. The van der Waals surface area contributed by atoms with E-state index in [9.17, 15) is 0 Å². The van der Waals surface area contributed by atoms with Crippen LogP contribution in [-0.2, 0) is 0 Å². The Kier molecular flexibility index (Phi) is 5.96. The molecule has 0 fully saturated rings. The predicted molar refractivity (Wildman–Crippen MR) is 132 cm³/mol. The predicted octanol–water partition coefficient (Wildman–Crippen LogP) is 6.28. The summed E-state index contributed by atoms with van der Waals surface area (Å²) < 4.78 is 2.56. The van der Waals surface area contributed by atoms with E-state index in [0.29, 0.717) is 11.8 Å². The fourth-order valence-corrected chi connectivity index (χ4v) is 5.24. The summed E-state index contributed by atoms with van der Waals surface area (Å²) in [4.78, 5) is 0. The van der Waals surface area contributed by atoms with Gasteiger partial charge in [0, 0.05) is 31.4 Å². The number of hydrogen-bond donors (Lipinski definition) is 0. The lowest BCUT2D eigenvalue weighted by Gasteiger charge is -2.25. The number of benzene rings is 2. The van der Waals surface area contributed by atoms with Crippen LogP contribution in [-0.4, -0.2) is 16.3 Å². The molecule has 0 spiro atoms. The molecule has 1 heteroatoms. The molecule has 0 amide bonds. The lowest BCUT2D eigenvalue weighted by Crippen LogP contribution is -2.33. The first-order chi connectivity index (χ1) is 14.0. The summed E-state index contributed by atoms with van der Waals surface area (Å²) in [6, 6.07) is 15.2. The van der Waals surface area contributed by atoms with Gasteiger partial charge < -0.3 is 0 Å². The standard InChI is InChI=1S/C29H38N/c1-10-26(25-15-12-11-14-22(25)6)29(9)18-28(7,8)30(19-29)27-23(20(2)3)16-13-17-24(27)21(4)5/h10-17,19-21H,1,6,18H2,2-5,7-9H3/q+1/b26-25+. The third-order valence-electron chi connectivity index (χ3n) is 6.58. The van der Waals surface area contributed by atoms with Crippen molar-refractivity contribution in [3.05, 3.63) is 76.7 Å². The largest absolute Gasteiger partial charge is 0.212 e. The van der Waals surface area contributed by atoms with Crippen LogP contribution >= 0.6 is 0 Å². The fourth-order valence-electron chi connectivity index (χ4n) is 5.24. The maximum atomic E-state index is 4.28. The zero-order valence-corrected chi connectivity index (χ0v) is 19.9. The summed E-state index contributed by atoms with van der Waals surface area (Å²) >= 11 is 0. The second-order valence-electron chi connectivity index (χ2n) is 10.3. The van der Waals surface area contributed by atoms with Crippen LogP contribution in [0.1, 0.15) is 77.8 Å². The Labute approximate surface area is 183 Å². The van der Waals surface area contributed by atoms with Gasteiger partial charge in [0.25, 0.3) is 0 Å².